The first-order valence-electron chi connectivity index (χ1n) is 9.90. The van der Waals surface area contributed by atoms with E-state index in [0.29, 0.717) is 28.8 Å². The van der Waals surface area contributed by atoms with Crippen LogP contribution in [0.1, 0.15) is 55.2 Å². The van der Waals surface area contributed by atoms with Crippen LogP contribution < -0.4 is 5.32 Å². The highest BCUT2D eigenvalue weighted by Crippen LogP contribution is 2.52. The third-order valence-electron chi connectivity index (χ3n) is 6.15. The lowest BCUT2D eigenvalue weighted by atomic mass is 9.65. The average molecular weight is 432 g/mol. The number of carbonyl (C=O) groups excluding carboxylic acids is 1. The van der Waals surface area contributed by atoms with Crippen molar-refractivity contribution in [1.29, 1.82) is 0 Å². The Morgan fingerprint density at radius 1 is 1.07 bits per heavy atom. The topological polar surface area (TPSA) is 66.4 Å². The second-order valence-corrected chi connectivity index (χ2v) is 9.24. The molecule has 2 fully saturated rings. The zero-order valence-corrected chi connectivity index (χ0v) is 17.4. The molecule has 4 rings (SSSR count). The number of halogens is 2. The van der Waals surface area contributed by atoms with Gasteiger partial charge in [-0.2, -0.15) is 0 Å². The molecule has 152 valence electrons. The summed E-state index contributed by atoms with van der Waals surface area (Å²) in [6, 6.07) is 14.8. The van der Waals surface area contributed by atoms with E-state index in [2.05, 4.69) is 5.32 Å². The van der Waals surface area contributed by atoms with Crippen LogP contribution in [0.2, 0.25) is 10.0 Å². The van der Waals surface area contributed by atoms with Crippen LogP contribution in [0.5, 0.6) is 0 Å². The molecule has 4 nitrogen and oxygen atoms in total. The van der Waals surface area contributed by atoms with Gasteiger partial charge in [-0.15, -0.1) is 0 Å². The maximum absolute atomic E-state index is 13.3. The van der Waals surface area contributed by atoms with Crippen LogP contribution in [-0.2, 0) is 9.59 Å². The van der Waals surface area contributed by atoms with E-state index in [1.807, 2.05) is 36.4 Å². The number of aliphatic carboxylic acids is 1. The van der Waals surface area contributed by atoms with E-state index in [1.54, 1.807) is 12.1 Å². The van der Waals surface area contributed by atoms with Gasteiger partial charge in [-0.25, -0.2) is 0 Å². The summed E-state index contributed by atoms with van der Waals surface area (Å²) in [6.45, 7) is 0. The number of hydrogen-bond acceptors (Lipinski definition) is 2. The molecule has 2 N–H and O–H groups in total. The van der Waals surface area contributed by atoms with Crippen LogP contribution in [0.25, 0.3) is 0 Å². The van der Waals surface area contributed by atoms with Gasteiger partial charge in [0.2, 0.25) is 5.91 Å². The number of hydrogen-bond donors (Lipinski definition) is 2. The van der Waals surface area contributed by atoms with Gasteiger partial charge in [-0.05, 0) is 54.2 Å². The molecule has 3 atom stereocenters. The Morgan fingerprint density at radius 3 is 2.41 bits per heavy atom. The summed E-state index contributed by atoms with van der Waals surface area (Å²) in [6.07, 6.45) is 3.08. The predicted molar refractivity (Wildman–Crippen MR) is 113 cm³/mol. The second kappa shape index (κ2) is 8.00. The van der Waals surface area contributed by atoms with E-state index < -0.39 is 11.4 Å². The molecule has 6 heteroatoms. The van der Waals surface area contributed by atoms with Gasteiger partial charge in [0.05, 0.1) is 17.9 Å². The summed E-state index contributed by atoms with van der Waals surface area (Å²) >= 11 is 12.3. The highest BCUT2D eigenvalue weighted by molar-refractivity contribution is 6.30. The summed E-state index contributed by atoms with van der Waals surface area (Å²) < 4.78 is 0. The SMILES string of the molecule is O=C(O)C[C@]1(CC2CC2)C[C@H](c2cccc(Cl)c2)[C@@H](c2ccc(Cl)cc2)NC1=O. The highest BCUT2D eigenvalue weighted by Gasteiger charge is 2.51. The monoisotopic (exact) mass is 431 g/mol. The van der Waals surface area contributed by atoms with Gasteiger partial charge in [0.25, 0.3) is 0 Å². The molecule has 0 radical (unpaired) electrons. The third kappa shape index (κ3) is 4.44. The van der Waals surface area contributed by atoms with E-state index in [9.17, 15) is 14.7 Å². The van der Waals surface area contributed by atoms with Gasteiger partial charge >= 0.3 is 5.97 Å². The zero-order chi connectivity index (χ0) is 20.6. The number of carboxylic acid groups (broad SMARTS) is 1. The molecular formula is C23H23Cl2NO3. The number of carbonyl (C=O) groups is 2. The van der Waals surface area contributed by atoms with E-state index in [0.717, 1.165) is 24.0 Å². The van der Waals surface area contributed by atoms with Crippen molar-refractivity contribution < 1.29 is 14.7 Å². The van der Waals surface area contributed by atoms with Crippen molar-refractivity contribution in [2.45, 2.75) is 44.1 Å². The smallest absolute Gasteiger partial charge is 0.304 e. The van der Waals surface area contributed by atoms with Gasteiger partial charge in [-0.1, -0.05) is 60.3 Å². The van der Waals surface area contributed by atoms with E-state index >= 15 is 0 Å². The van der Waals surface area contributed by atoms with Crippen molar-refractivity contribution in [3.63, 3.8) is 0 Å². The first kappa shape index (κ1) is 20.2. The van der Waals surface area contributed by atoms with Gasteiger partial charge in [0.1, 0.15) is 0 Å². The fourth-order valence-corrected chi connectivity index (χ4v) is 4.95. The number of rotatable bonds is 6. The molecule has 0 aromatic heterocycles. The molecule has 2 aromatic rings. The highest BCUT2D eigenvalue weighted by atomic mass is 35.5. The first-order valence-corrected chi connectivity index (χ1v) is 10.7. The van der Waals surface area contributed by atoms with Crippen LogP contribution in [0.4, 0.5) is 0 Å². The van der Waals surface area contributed by atoms with Crippen molar-refractivity contribution >= 4 is 35.1 Å². The van der Waals surface area contributed by atoms with Gasteiger partial charge in [0.15, 0.2) is 0 Å². The Hall–Kier alpha value is -2.04. The van der Waals surface area contributed by atoms with Crippen LogP contribution in [0.3, 0.4) is 0 Å². The van der Waals surface area contributed by atoms with Gasteiger partial charge in [0, 0.05) is 16.0 Å². The molecular weight excluding hydrogens is 409 g/mol. The second-order valence-electron chi connectivity index (χ2n) is 8.37. The summed E-state index contributed by atoms with van der Waals surface area (Å²) in [5.74, 6) is -0.738. The summed E-state index contributed by atoms with van der Waals surface area (Å²) in [7, 11) is 0. The van der Waals surface area contributed by atoms with E-state index in [4.69, 9.17) is 23.2 Å². The number of piperidine rings is 1. The average Bonchev–Trinajstić information content (AvgIpc) is 3.48. The fraction of sp³-hybridized carbons (Fsp3) is 0.391. The van der Waals surface area contributed by atoms with Crippen LogP contribution in [-0.4, -0.2) is 17.0 Å². The Kier molecular flexibility index (Phi) is 5.58. The lowest BCUT2D eigenvalue weighted by Gasteiger charge is -2.44. The largest absolute Gasteiger partial charge is 0.481 e. The summed E-state index contributed by atoms with van der Waals surface area (Å²) in [4.78, 5) is 25.0. The Morgan fingerprint density at radius 2 is 1.79 bits per heavy atom. The number of carboxylic acids is 1. The zero-order valence-electron chi connectivity index (χ0n) is 15.9. The summed E-state index contributed by atoms with van der Waals surface area (Å²) in [5, 5.41) is 14.0. The quantitative estimate of drug-likeness (QED) is 0.625. The minimum Gasteiger partial charge on any atom is -0.481 e. The molecule has 0 unspecified atom stereocenters. The first-order chi connectivity index (χ1) is 13.9. The molecule has 1 saturated carbocycles. The molecule has 1 heterocycles. The molecule has 29 heavy (non-hydrogen) atoms. The fourth-order valence-electron chi connectivity index (χ4n) is 4.62. The van der Waals surface area contributed by atoms with Crippen molar-refractivity contribution in [3.05, 3.63) is 69.7 Å². The van der Waals surface area contributed by atoms with Crippen molar-refractivity contribution in [1.82, 2.24) is 5.32 Å². The Labute approximate surface area is 180 Å². The Bertz CT molecular complexity index is 926. The van der Waals surface area contributed by atoms with Crippen molar-refractivity contribution in [2.75, 3.05) is 0 Å². The van der Waals surface area contributed by atoms with Crippen LogP contribution in [0, 0.1) is 11.3 Å². The number of amides is 1. The third-order valence-corrected chi connectivity index (χ3v) is 6.64. The number of nitrogens with one attached hydrogen (secondary N) is 1. The number of benzene rings is 2. The molecule has 2 aliphatic rings. The molecule has 2 aromatic carbocycles. The lowest BCUT2D eigenvalue weighted by Crippen LogP contribution is -2.51. The van der Waals surface area contributed by atoms with Gasteiger partial charge in [-0.3, -0.25) is 9.59 Å². The van der Waals surface area contributed by atoms with E-state index in [-0.39, 0.29) is 24.3 Å². The molecule has 1 aliphatic heterocycles. The molecule has 1 saturated heterocycles. The Balaban J connectivity index is 1.75. The van der Waals surface area contributed by atoms with Crippen LogP contribution in [0.15, 0.2) is 48.5 Å². The molecule has 0 bridgehead atoms. The van der Waals surface area contributed by atoms with Crippen molar-refractivity contribution in [3.8, 4) is 0 Å². The van der Waals surface area contributed by atoms with E-state index in [1.165, 1.54) is 0 Å². The predicted octanol–water partition coefficient (Wildman–Crippen LogP) is 5.60. The minimum absolute atomic E-state index is 0.0781. The molecule has 1 aliphatic carbocycles. The molecule has 0 spiro atoms. The minimum atomic E-state index is -0.935. The maximum Gasteiger partial charge on any atom is 0.304 e. The van der Waals surface area contributed by atoms with Crippen molar-refractivity contribution in [2.24, 2.45) is 11.3 Å². The summed E-state index contributed by atoms with van der Waals surface area (Å²) in [5.41, 5.74) is 1.05. The lowest BCUT2D eigenvalue weighted by molar-refractivity contribution is -0.149. The molecule has 1 amide bonds. The van der Waals surface area contributed by atoms with Crippen LogP contribution >= 0.6 is 23.2 Å². The normalized spacial score (nSPS) is 26.8. The van der Waals surface area contributed by atoms with Gasteiger partial charge < -0.3 is 10.4 Å². The maximum atomic E-state index is 13.3. The standard InChI is InChI=1S/C23H23Cl2NO3/c24-17-8-6-15(7-9-17)21-19(16-2-1-3-18(25)10-16)12-23(13-20(27)28,22(29)26-21)11-14-4-5-14/h1-3,6-10,14,19,21H,4-5,11-13H2,(H,26,29)(H,27,28)/t19-,21-,23+/m1/s1.